The first-order chi connectivity index (χ1) is 60.1. The zero-order valence-electron chi connectivity index (χ0n) is 73.8. The van der Waals surface area contributed by atoms with Gasteiger partial charge in [0.15, 0.2) is 0 Å². The Labute approximate surface area is 781 Å². The fourth-order valence-electron chi connectivity index (χ4n) is 16.9. The van der Waals surface area contributed by atoms with Crippen molar-refractivity contribution in [2.24, 2.45) is 0 Å². The van der Waals surface area contributed by atoms with Crippen molar-refractivity contribution in [3.63, 3.8) is 0 Å². The van der Waals surface area contributed by atoms with Crippen molar-refractivity contribution in [3.8, 4) is 0 Å². The van der Waals surface area contributed by atoms with Gasteiger partial charge in [-0.25, -0.2) is 0 Å². The zero-order valence-corrected chi connectivity index (χ0v) is 73.8. The summed E-state index contributed by atoms with van der Waals surface area (Å²) in [6, 6.07) is 102. The number of fused-ring (bicyclic) bond motifs is 24. The van der Waals surface area contributed by atoms with Crippen LogP contribution in [0.25, 0.3) is 176 Å². The molecule has 24 rings (SSSR count). The highest BCUT2D eigenvalue weighted by Crippen LogP contribution is 2.39. The molecular formula is C124H136O8. The minimum atomic E-state index is 0. The molecule has 0 fully saturated rings. The Kier molecular flexibility index (Phi) is 33.5. The molecule has 8 heteroatoms. The van der Waals surface area contributed by atoms with Crippen LogP contribution in [0.3, 0.4) is 0 Å². The highest BCUT2D eigenvalue weighted by Gasteiger charge is 2.16. The van der Waals surface area contributed by atoms with Crippen molar-refractivity contribution < 1.29 is 35.3 Å². The zero-order chi connectivity index (χ0) is 86.1. The molecule has 0 unspecified atom stereocenters. The van der Waals surface area contributed by atoms with Gasteiger partial charge in [-0.05, 0) is 291 Å². The lowest BCUT2D eigenvalue weighted by Crippen LogP contribution is -1.79. The van der Waals surface area contributed by atoms with Crippen LogP contribution in [0.5, 0.6) is 0 Å². The van der Waals surface area contributed by atoms with Crippen LogP contribution in [0.4, 0.5) is 0 Å². The van der Waals surface area contributed by atoms with Crippen LogP contribution in [0.1, 0.15) is 176 Å². The lowest BCUT2D eigenvalue weighted by atomic mass is 10.1. The third-order valence-corrected chi connectivity index (χ3v) is 23.8. The molecule has 0 N–H and O–H groups in total. The molecule has 8 aromatic heterocycles. The van der Waals surface area contributed by atoms with Gasteiger partial charge in [-0.1, -0.05) is 285 Å². The average Bonchev–Trinajstić information content (AvgIpc) is 1.63. The van der Waals surface area contributed by atoms with Crippen molar-refractivity contribution >= 4 is 176 Å². The van der Waals surface area contributed by atoms with Gasteiger partial charge in [-0.15, -0.1) is 0 Å². The number of para-hydroxylation sites is 3. The van der Waals surface area contributed by atoms with Crippen LogP contribution in [0.15, 0.2) is 327 Å². The second-order valence-corrected chi connectivity index (χ2v) is 33.4. The molecule has 0 aliphatic carbocycles. The molecule has 680 valence electrons. The number of furan rings is 8. The maximum absolute atomic E-state index is 5.94. The standard InChI is InChI=1S/2C16H16O.6C14H12O.8CH4/c1-3-11-5-7-15-13(9-11)14-10-12(4-2)6-8-16(14)17-15;1-3-11-5-7-13-14-8-6-12(4-2)10-16(14)17-15(13)9-11;1-9-5-4-8-12-13(9)11-7-3-6-10(2)14(11)15-12;1-9-4-6-13-12(7-9)11-5-3-10(2)8-14(11)15-13;1-9-3-5-13-11(7-9)12-8-10(2)4-6-14(12)15-13;1-9-3-5-11-12-6-4-10(2)8-14(12)15-13(11)7-9;1-9-6-7-11-12-5-3-4-10(2)14(12)15-13(11)8-9;1-9-6-7-13-12(8-9)11-5-3-4-10(2)14(11)15-13;;;;;;;;/h2*5-10H,3-4H2,1-2H3;6*3-8H,1-2H3;8*1H4. The van der Waals surface area contributed by atoms with E-state index in [4.69, 9.17) is 35.3 Å². The van der Waals surface area contributed by atoms with Crippen LogP contribution in [0, 0.1) is 83.1 Å². The molecule has 16 aromatic carbocycles. The van der Waals surface area contributed by atoms with E-state index in [2.05, 4.69) is 366 Å². The number of benzene rings is 16. The Morgan fingerprint density at radius 1 is 0.152 bits per heavy atom. The smallest absolute Gasteiger partial charge is 0.138 e. The van der Waals surface area contributed by atoms with Gasteiger partial charge in [0.25, 0.3) is 0 Å². The first-order valence-corrected chi connectivity index (χ1v) is 43.3. The van der Waals surface area contributed by atoms with Crippen molar-refractivity contribution in [2.75, 3.05) is 0 Å². The molecule has 0 radical (unpaired) electrons. The summed E-state index contributed by atoms with van der Waals surface area (Å²) in [6.45, 7) is 33.8. The number of aryl methyl sites for hydroxylation is 16. The molecule has 0 atom stereocenters. The third-order valence-electron chi connectivity index (χ3n) is 23.8. The number of hydrogen-bond acceptors (Lipinski definition) is 8. The first kappa shape index (κ1) is 102. The van der Waals surface area contributed by atoms with E-state index in [1.54, 1.807) is 0 Å². The maximum Gasteiger partial charge on any atom is 0.138 e. The predicted octanol–water partition coefficient (Wildman–Crippen LogP) is 39.7. The summed E-state index contributed by atoms with van der Waals surface area (Å²) >= 11 is 0. The SMILES string of the molecule is C.C.C.C.C.C.C.C.CCc1ccc2c(c1)oc1cc(CC)ccc12.CCc1ccc2oc3ccc(CC)cc3c2c1.Cc1ccc2c(c1)oc1c(C)cccc12.Cc1ccc2c(c1)oc1cc(C)ccc12.Cc1ccc2c(c1)oc1ccc(C)cc12.Cc1ccc2oc3c(C)cccc3c2c1.Cc1ccc2oc3ccc(C)cc3c2c1.Cc1cccc2c1oc1cccc(C)c12. The minimum Gasteiger partial charge on any atom is -0.456 e. The van der Waals surface area contributed by atoms with E-state index in [0.717, 1.165) is 115 Å². The summed E-state index contributed by atoms with van der Waals surface area (Å²) in [5.41, 5.74) is 36.1. The van der Waals surface area contributed by atoms with Crippen LogP contribution in [0.2, 0.25) is 0 Å². The molecule has 132 heavy (non-hydrogen) atoms. The normalized spacial score (nSPS) is 10.7. The van der Waals surface area contributed by atoms with Crippen LogP contribution >= 0.6 is 0 Å². The van der Waals surface area contributed by atoms with Crippen LogP contribution in [-0.2, 0) is 25.7 Å². The van der Waals surface area contributed by atoms with Crippen molar-refractivity contribution in [3.05, 3.63) is 380 Å². The molecule has 24 aromatic rings. The lowest BCUT2D eigenvalue weighted by Gasteiger charge is -1.97. The van der Waals surface area contributed by atoms with E-state index in [1.807, 2.05) is 36.4 Å². The molecule has 8 nitrogen and oxygen atoms in total. The van der Waals surface area contributed by atoms with E-state index < -0.39 is 0 Å². The molecule has 0 saturated heterocycles. The van der Waals surface area contributed by atoms with Crippen molar-refractivity contribution in [1.29, 1.82) is 0 Å². The van der Waals surface area contributed by atoms with E-state index in [0.29, 0.717) is 0 Å². The summed E-state index contributed by atoms with van der Waals surface area (Å²) in [5, 5.41) is 19.5. The topological polar surface area (TPSA) is 105 Å². The van der Waals surface area contributed by atoms with Crippen molar-refractivity contribution in [2.45, 2.75) is 196 Å². The average molecular weight is 1750 g/mol. The minimum absolute atomic E-state index is 0. The van der Waals surface area contributed by atoms with E-state index in [-0.39, 0.29) is 59.4 Å². The van der Waals surface area contributed by atoms with E-state index >= 15 is 0 Å². The molecule has 0 spiro atoms. The molecule has 8 heterocycles. The summed E-state index contributed by atoms with van der Waals surface area (Å²) < 4.78 is 46.7. The Balaban J connectivity index is 0.000000168. The first-order valence-electron chi connectivity index (χ1n) is 43.3. The fraction of sp³-hybridized carbons (Fsp3) is 0.226. The lowest BCUT2D eigenvalue weighted by molar-refractivity contribution is 0.665. The van der Waals surface area contributed by atoms with Gasteiger partial charge < -0.3 is 35.3 Å². The Hall–Kier alpha value is -14.1. The number of rotatable bonds is 4. The molecule has 0 aliphatic rings. The number of hydrogen-bond donors (Lipinski definition) is 0. The Morgan fingerprint density at radius 2 is 0.364 bits per heavy atom. The predicted molar refractivity (Wildman–Crippen MR) is 578 cm³/mol. The van der Waals surface area contributed by atoms with Gasteiger partial charge in [-0.2, -0.15) is 0 Å². The van der Waals surface area contributed by atoms with Gasteiger partial charge >= 0.3 is 0 Å². The summed E-state index contributed by atoms with van der Waals surface area (Å²) in [6.07, 6.45) is 4.23. The van der Waals surface area contributed by atoms with Crippen LogP contribution < -0.4 is 0 Å². The highest BCUT2D eigenvalue weighted by molar-refractivity contribution is 6.12. The molecule has 0 aliphatic heterocycles. The second-order valence-electron chi connectivity index (χ2n) is 33.4. The van der Waals surface area contributed by atoms with Gasteiger partial charge in [0.05, 0.1) is 0 Å². The Bertz CT molecular complexity index is 7790. The third kappa shape index (κ3) is 21.0. The molecular weight excluding hydrogens is 1620 g/mol. The van der Waals surface area contributed by atoms with Gasteiger partial charge in [-0.3, -0.25) is 0 Å². The molecule has 0 amide bonds. The molecule has 0 saturated carbocycles. The monoisotopic (exact) mass is 1750 g/mol. The summed E-state index contributed by atoms with van der Waals surface area (Å²) in [4.78, 5) is 0. The van der Waals surface area contributed by atoms with Crippen molar-refractivity contribution in [1.82, 2.24) is 0 Å². The Morgan fingerprint density at radius 3 is 0.742 bits per heavy atom. The van der Waals surface area contributed by atoms with Gasteiger partial charge in [0, 0.05) is 86.2 Å². The van der Waals surface area contributed by atoms with Gasteiger partial charge in [0.2, 0.25) is 0 Å². The largest absolute Gasteiger partial charge is 0.456 e. The fourth-order valence-corrected chi connectivity index (χ4v) is 16.9. The van der Waals surface area contributed by atoms with Gasteiger partial charge in [0.1, 0.15) is 89.3 Å². The quantitative estimate of drug-likeness (QED) is 0.172. The summed E-state index contributed by atoms with van der Waals surface area (Å²) in [7, 11) is 0. The summed E-state index contributed by atoms with van der Waals surface area (Å²) in [5.74, 6) is 0. The van der Waals surface area contributed by atoms with Crippen LogP contribution in [-0.4, -0.2) is 0 Å². The van der Waals surface area contributed by atoms with E-state index in [1.165, 1.54) is 175 Å². The maximum atomic E-state index is 5.94. The highest BCUT2D eigenvalue weighted by atomic mass is 16.4. The van der Waals surface area contributed by atoms with E-state index in [9.17, 15) is 0 Å². The second kappa shape index (κ2) is 43.6. The molecule has 0 bridgehead atoms.